The molecule has 0 unspecified atom stereocenters. The summed E-state index contributed by atoms with van der Waals surface area (Å²) in [4.78, 5) is 22.1. The number of hydrogen-bond acceptors (Lipinski definition) is 5. The van der Waals surface area contributed by atoms with Crippen molar-refractivity contribution in [1.29, 1.82) is 0 Å². The molecular formula is C8H5N3O2S. The highest BCUT2D eigenvalue weighted by Crippen LogP contribution is 2.15. The number of thiazole rings is 1. The van der Waals surface area contributed by atoms with Gasteiger partial charge in [-0.25, -0.2) is 19.7 Å². The Kier molecular flexibility index (Phi) is 2.19. The molecule has 2 aromatic heterocycles. The topological polar surface area (TPSA) is 76.0 Å². The third-order valence-electron chi connectivity index (χ3n) is 1.54. The number of hydrogen-bond donors (Lipinski definition) is 1. The average Bonchev–Trinajstić information content (AvgIpc) is 2.71. The van der Waals surface area contributed by atoms with Gasteiger partial charge in [0.2, 0.25) is 5.82 Å². The van der Waals surface area contributed by atoms with Crippen LogP contribution < -0.4 is 0 Å². The van der Waals surface area contributed by atoms with E-state index in [1.165, 1.54) is 17.5 Å². The predicted molar refractivity (Wildman–Crippen MR) is 50.1 cm³/mol. The predicted octanol–water partition coefficient (Wildman–Crippen LogP) is 1.30. The van der Waals surface area contributed by atoms with E-state index >= 15 is 0 Å². The van der Waals surface area contributed by atoms with Crippen LogP contribution in [0.3, 0.4) is 0 Å². The Morgan fingerprint density at radius 3 is 2.86 bits per heavy atom. The summed E-state index contributed by atoms with van der Waals surface area (Å²) >= 11 is 1.43. The highest BCUT2D eigenvalue weighted by Gasteiger charge is 2.08. The largest absolute Gasteiger partial charge is 0.475 e. The number of aromatic nitrogens is 3. The number of rotatable bonds is 2. The molecule has 0 radical (unpaired) electrons. The van der Waals surface area contributed by atoms with Gasteiger partial charge >= 0.3 is 5.97 Å². The van der Waals surface area contributed by atoms with Gasteiger partial charge in [0.1, 0.15) is 0 Å². The molecule has 0 aliphatic rings. The maximum Gasteiger partial charge on any atom is 0.373 e. The lowest BCUT2D eigenvalue weighted by molar-refractivity contribution is 0.0683. The molecule has 2 rings (SSSR count). The lowest BCUT2D eigenvalue weighted by Gasteiger charge is -1.96. The molecule has 0 saturated heterocycles. The SMILES string of the molecule is O=C(O)c1nccc(-c2cscn2)n1. The molecule has 6 heteroatoms. The van der Waals surface area contributed by atoms with Crippen LogP contribution in [0.5, 0.6) is 0 Å². The van der Waals surface area contributed by atoms with Gasteiger partial charge in [-0.1, -0.05) is 0 Å². The van der Waals surface area contributed by atoms with Crippen LogP contribution in [0.25, 0.3) is 11.4 Å². The second kappa shape index (κ2) is 3.51. The van der Waals surface area contributed by atoms with Gasteiger partial charge in [0, 0.05) is 11.6 Å². The Balaban J connectivity index is 2.46. The zero-order valence-electron chi connectivity index (χ0n) is 6.91. The highest BCUT2D eigenvalue weighted by atomic mass is 32.1. The average molecular weight is 207 g/mol. The van der Waals surface area contributed by atoms with Crippen molar-refractivity contribution in [2.75, 3.05) is 0 Å². The summed E-state index contributed by atoms with van der Waals surface area (Å²) < 4.78 is 0. The van der Waals surface area contributed by atoms with Gasteiger partial charge in [-0.05, 0) is 6.07 Å². The lowest BCUT2D eigenvalue weighted by atomic mass is 10.3. The quantitative estimate of drug-likeness (QED) is 0.803. The summed E-state index contributed by atoms with van der Waals surface area (Å²) in [5.41, 5.74) is 2.86. The fourth-order valence-electron chi connectivity index (χ4n) is 0.943. The molecule has 14 heavy (non-hydrogen) atoms. The minimum Gasteiger partial charge on any atom is -0.475 e. The van der Waals surface area contributed by atoms with Crippen molar-refractivity contribution in [1.82, 2.24) is 15.0 Å². The Labute approximate surface area is 83.1 Å². The molecule has 0 saturated carbocycles. The lowest BCUT2D eigenvalue weighted by Crippen LogP contribution is -2.04. The van der Waals surface area contributed by atoms with E-state index in [9.17, 15) is 4.79 Å². The molecule has 0 aliphatic heterocycles. The number of carbonyl (C=O) groups is 1. The highest BCUT2D eigenvalue weighted by molar-refractivity contribution is 7.07. The molecule has 1 N–H and O–H groups in total. The molecule has 0 aromatic carbocycles. The first-order valence-corrected chi connectivity index (χ1v) is 4.66. The molecule has 5 nitrogen and oxygen atoms in total. The smallest absolute Gasteiger partial charge is 0.373 e. The fourth-order valence-corrected chi connectivity index (χ4v) is 1.49. The molecule has 70 valence electrons. The Morgan fingerprint density at radius 1 is 1.36 bits per heavy atom. The van der Waals surface area contributed by atoms with Gasteiger partial charge in [-0.2, -0.15) is 0 Å². The maximum atomic E-state index is 10.6. The van der Waals surface area contributed by atoms with Crippen LogP contribution in [0, 0.1) is 0 Å². The molecule has 2 heterocycles. The van der Waals surface area contributed by atoms with Gasteiger partial charge in [0.15, 0.2) is 0 Å². The minimum absolute atomic E-state index is 0.212. The van der Waals surface area contributed by atoms with Crippen LogP contribution in [0.2, 0.25) is 0 Å². The normalized spacial score (nSPS) is 10.0. The van der Waals surface area contributed by atoms with Crippen molar-refractivity contribution in [3.05, 3.63) is 29.0 Å². The molecule has 0 atom stereocenters. The molecule has 0 aliphatic carbocycles. The third kappa shape index (κ3) is 1.60. The van der Waals surface area contributed by atoms with E-state index in [1.807, 2.05) is 0 Å². The third-order valence-corrected chi connectivity index (χ3v) is 2.13. The second-order valence-corrected chi connectivity index (χ2v) is 3.16. The van der Waals surface area contributed by atoms with Crippen LogP contribution >= 0.6 is 11.3 Å². The molecule has 0 spiro atoms. The minimum atomic E-state index is -1.14. The fraction of sp³-hybridized carbons (Fsp3) is 0. The number of carboxylic acids is 1. The monoisotopic (exact) mass is 207 g/mol. The van der Waals surface area contributed by atoms with Crippen LogP contribution in [-0.4, -0.2) is 26.0 Å². The first-order valence-electron chi connectivity index (χ1n) is 3.72. The van der Waals surface area contributed by atoms with Crippen molar-refractivity contribution in [2.24, 2.45) is 0 Å². The van der Waals surface area contributed by atoms with Gasteiger partial charge in [-0.15, -0.1) is 11.3 Å². The van der Waals surface area contributed by atoms with E-state index in [2.05, 4.69) is 15.0 Å². The van der Waals surface area contributed by atoms with Gasteiger partial charge < -0.3 is 5.11 Å². The molecule has 0 amide bonds. The standard InChI is InChI=1S/C8H5N3O2S/c12-8(13)7-9-2-1-5(11-7)6-3-14-4-10-6/h1-4H,(H,12,13). The first-order chi connectivity index (χ1) is 6.77. The summed E-state index contributed by atoms with van der Waals surface area (Å²) in [5.74, 6) is -1.35. The Hall–Kier alpha value is -1.82. The zero-order valence-corrected chi connectivity index (χ0v) is 7.73. The van der Waals surface area contributed by atoms with Crippen molar-refractivity contribution < 1.29 is 9.90 Å². The Bertz CT molecular complexity index is 455. The van der Waals surface area contributed by atoms with Crippen LogP contribution in [0.1, 0.15) is 10.6 Å². The summed E-state index contributed by atoms with van der Waals surface area (Å²) in [6.07, 6.45) is 1.41. The van der Waals surface area contributed by atoms with Crippen LogP contribution in [0.4, 0.5) is 0 Å². The number of nitrogens with zero attached hydrogens (tertiary/aromatic N) is 3. The van der Waals surface area contributed by atoms with E-state index in [0.29, 0.717) is 11.4 Å². The van der Waals surface area contributed by atoms with Crippen LogP contribution in [0.15, 0.2) is 23.2 Å². The molecule has 0 fully saturated rings. The van der Waals surface area contributed by atoms with Gasteiger partial charge in [-0.3, -0.25) is 0 Å². The van der Waals surface area contributed by atoms with Crippen LogP contribution in [-0.2, 0) is 0 Å². The number of carboxylic acid groups (broad SMARTS) is 1. The van der Waals surface area contributed by atoms with Crippen molar-refractivity contribution in [2.45, 2.75) is 0 Å². The van der Waals surface area contributed by atoms with E-state index < -0.39 is 5.97 Å². The number of aromatic carboxylic acids is 1. The second-order valence-electron chi connectivity index (χ2n) is 2.44. The van der Waals surface area contributed by atoms with Crippen molar-refractivity contribution >= 4 is 17.3 Å². The summed E-state index contributed by atoms with van der Waals surface area (Å²) in [5, 5.41) is 10.5. The summed E-state index contributed by atoms with van der Waals surface area (Å²) in [7, 11) is 0. The molecule has 2 aromatic rings. The summed E-state index contributed by atoms with van der Waals surface area (Å²) in [6, 6.07) is 1.63. The van der Waals surface area contributed by atoms with Gasteiger partial charge in [0.25, 0.3) is 0 Å². The first kappa shape index (κ1) is 8.76. The van der Waals surface area contributed by atoms with E-state index in [-0.39, 0.29) is 5.82 Å². The van der Waals surface area contributed by atoms with E-state index in [0.717, 1.165) is 0 Å². The maximum absolute atomic E-state index is 10.6. The zero-order chi connectivity index (χ0) is 9.97. The van der Waals surface area contributed by atoms with E-state index in [4.69, 9.17) is 5.11 Å². The van der Waals surface area contributed by atoms with E-state index in [1.54, 1.807) is 17.0 Å². The summed E-state index contributed by atoms with van der Waals surface area (Å²) in [6.45, 7) is 0. The molecular weight excluding hydrogens is 202 g/mol. The van der Waals surface area contributed by atoms with Gasteiger partial charge in [0.05, 0.1) is 16.9 Å². The van der Waals surface area contributed by atoms with Crippen molar-refractivity contribution in [3.63, 3.8) is 0 Å². The Morgan fingerprint density at radius 2 is 2.21 bits per heavy atom. The van der Waals surface area contributed by atoms with Crippen molar-refractivity contribution in [3.8, 4) is 11.4 Å². The molecule has 0 bridgehead atoms.